The first-order valence-electron chi connectivity index (χ1n) is 16.1. The predicted molar refractivity (Wildman–Crippen MR) is 193 cm³/mol. The molecule has 4 heterocycles. The molecule has 0 radical (unpaired) electrons. The van der Waals surface area contributed by atoms with Crippen molar-refractivity contribution in [2.24, 2.45) is 0 Å². The standard InChI is InChI=1S/C37H42N6O4Si/c1-37(2,3)47-36(44)42-32-16-14-28(45-4)19-27(32)20-33(42)31-21-34(39-24-46-17-18-48(5,6)7)43-35(41-31)29(23-40-43)26-13-15-30(38-22-26)25-11-9-8-10-12-25/h8-16,19-23,39H,17-18,24H2,1-7H3. The molecule has 0 aliphatic heterocycles. The summed E-state index contributed by atoms with van der Waals surface area (Å²) in [5.74, 6) is 1.35. The van der Waals surface area contributed by atoms with E-state index >= 15 is 0 Å². The molecule has 0 fully saturated rings. The van der Waals surface area contributed by atoms with Crippen LogP contribution in [-0.2, 0) is 9.47 Å². The zero-order chi connectivity index (χ0) is 34.1. The Morgan fingerprint density at radius 1 is 0.917 bits per heavy atom. The first kappa shape index (κ1) is 32.9. The van der Waals surface area contributed by atoms with Crippen molar-refractivity contribution in [1.82, 2.24) is 24.1 Å². The Hall–Kier alpha value is -5.00. The van der Waals surface area contributed by atoms with E-state index in [2.05, 4.69) is 25.0 Å². The number of carbonyl (C=O) groups is 1. The molecular formula is C37H42N6O4Si. The molecule has 0 unspecified atom stereocenters. The third-order valence-corrected chi connectivity index (χ3v) is 9.52. The second-order valence-electron chi connectivity index (χ2n) is 13.9. The van der Waals surface area contributed by atoms with Crippen LogP contribution in [0.1, 0.15) is 20.8 Å². The summed E-state index contributed by atoms with van der Waals surface area (Å²) in [5.41, 5.74) is 5.29. The first-order valence-corrected chi connectivity index (χ1v) is 19.8. The van der Waals surface area contributed by atoms with Crippen LogP contribution in [0.5, 0.6) is 5.75 Å². The number of fused-ring (bicyclic) bond motifs is 2. The molecule has 0 saturated heterocycles. The average Bonchev–Trinajstić information content (AvgIpc) is 3.65. The molecule has 11 heteroatoms. The molecule has 0 aliphatic carbocycles. The summed E-state index contributed by atoms with van der Waals surface area (Å²) in [7, 11) is 0.377. The van der Waals surface area contributed by atoms with Gasteiger partial charge in [-0.3, -0.25) is 4.98 Å². The van der Waals surface area contributed by atoms with Crippen LogP contribution in [0, 0.1) is 0 Å². The molecule has 0 saturated carbocycles. The van der Waals surface area contributed by atoms with E-state index in [1.165, 1.54) is 0 Å². The van der Waals surface area contributed by atoms with Crippen LogP contribution in [0.4, 0.5) is 10.6 Å². The summed E-state index contributed by atoms with van der Waals surface area (Å²) in [4.78, 5) is 23.6. The number of aromatic nitrogens is 5. The Labute approximate surface area is 281 Å². The molecule has 4 aromatic heterocycles. The van der Waals surface area contributed by atoms with Crippen molar-refractivity contribution in [2.45, 2.75) is 52.1 Å². The van der Waals surface area contributed by atoms with E-state index in [9.17, 15) is 4.79 Å². The van der Waals surface area contributed by atoms with Crippen LogP contribution < -0.4 is 10.1 Å². The van der Waals surface area contributed by atoms with Crippen LogP contribution in [0.3, 0.4) is 0 Å². The lowest BCUT2D eigenvalue weighted by Gasteiger charge is -2.21. The number of benzene rings is 2. The lowest BCUT2D eigenvalue weighted by atomic mass is 10.1. The maximum Gasteiger partial charge on any atom is 0.419 e. The van der Waals surface area contributed by atoms with Gasteiger partial charge < -0.3 is 19.5 Å². The van der Waals surface area contributed by atoms with Gasteiger partial charge in [0.05, 0.1) is 35.9 Å². The van der Waals surface area contributed by atoms with E-state index < -0.39 is 19.8 Å². The number of hydrogen-bond acceptors (Lipinski definition) is 8. The van der Waals surface area contributed by atoms with Crippen molar-refractivity contribution in [3.05, 3.63) is 85.2 Å². The zero-order valence-corrected chi connectivity index (χ0v) is 29.6. The quantitative estimate of drug-likeness (QED) is 0.0884. The Bertz CT molecular complexity index is 2060. The van der Waals surface area contributed by atoms with E-state index in [-0.39, 0.29) is 6.73 Å². The number of hydrogen-bond donors (Lipinski definition) is 1. The Morgan fingerprint density at radius 3 is 2.40 bits per heavy atom. The highest BCUT2D eigenvalue weighted by molar-refractivity contribution is 6.76. The van der Waals surface area contributed by atoms with Gasteiger partial charge in [-0.1, -0.05) is 56.0 Å². The number of methoxy groups -OCH3 is 1. The second-order valence-corrected chi connectivity index (χ2v) is 19.5. The van der Waals surface area contributed by atoms with E-state index in [0.717, 1.165) is 33.8 Å². The van der Waals surface area contributed by atoms with Crippen LogP contribution in [0.25, 0.3) is 50.3 Å². The highest BCUT2D eigenvalue weighted by Crippen LogP contribution is 2.34. The minimum Gasteiger partial charge on any atom is -0.497 e. The van der Waals surface area contributed by atoms with Crippen molar-refractivity contribution in [3.63, 3.8) is 0 Å². The molecule has 6 aromatic rings. The smallest absolute Gasteiger partial charge is 0.419 e. The number of nitrogens with zero attached hydrogens (tertiary/aromatic N) is 5. The number of nitrogens with one attached hydrogen (secondary N) is 1. The third-order valence-electron chi connectivity index (χ3n) is 7.81. The van der Waals surface area contributed by atoms with Gasteiger partial charge in [0, 0.05) is 49.0 Å². The Balaban J connectivity index is 1.47. The number of pyridine rings is 1. The molecule has 6 rings (SSSR count). The van der Waals surface area contributed by atoms with Gasteiger partial charge >= 0.3 is 6.09 Å². The van der Waals surface area contributed by atoms with Gasteiger partial charge in [0.25, 0.3) is 0 Å². The summed E-state index contributed by atoms with van der Waals surface area (Å²) >= 11 is 0. The molecule has 0 atom stereocenters. The molecule has 10 nitrogen and oxygen atoms in total. The normalized spacial score (nSPS) is 12.1. The fraction of sp³-hybridized carbons (Fsp3) is 0.297. The molecule has 2 aromatic carbocycles. The zero-order valence-electron chi connectivity index (χ0n) is 28.6. The minimum atomic E-state index is -1.24. The van der Waals surface area contributed by atoms with Gasteiger partial charge in [-0.15, -0.1) is 0 Å². The maximum atomic E-state index is 13.8. The Morgan fingerprint density at radius 2 is 1.71 bits per heavy atom. The highest BCUT2D eigenvalue weighted by Gasteiger charge is 2.25. The van der Waals surface area contributed by atoms with Gasteiger partial charge in [0.1, 0.15) is 23.9 Å². The number of carbonyl (C=O) groups excluding carboxylic acids is 1. The number of ether oxygens (including phenoxy) is 3. The Kier molecular flexibility index (Phi) is 9.08. The molecule has 0 bridgehead atoms. The largest absolute Gasteiger partial charge is 0.497 e. The molecule has 1 N–H and O–H groups in total. The fourth-order valence-corrected chi connectivity index (χ4v) is 6.10. The van der Waals surface area contributed by atoms with Gasteiger partial charge in [-0.05, 0) is 57.1 Å². The van der Waals surface area contributed by atoms with Crippen molar-refractivity contribution >= 4 is 36.5 Å². The molecule has 0 aliphatic rings. The average molecular weight is 663 g/mol. The van der Waals surface area contributed by atoms with Crippen molar-refractivity contribution in [2.75, 3.05) is 25.8 Å². The van der Waals surface area contributed by atoms with E-state index in [1.54, 1.807) is 22.4 Å². The first-order chi connectivity index (χ1) is 22.9. The maximum absolute atomic E-state index is 13.8. The monoisotopic (exact) mass is 662 g/mol. The predicted octanol–water partition coefficient (Wildman–Crippen LogP) is 8.60. The van der Waals surface area contributed by atoms with E-state index in [1.807, 2.05) is 99.8 Å². The van der Waals surface area contributed by atoms with Gasteiger partial charge in [0.15, 0.2) is 5.65 Å². The van der Waals surface area contributed by atoms with Crippen LogP contribution in [0.2, 0.25) is 25.7 Å². The summed E-state index contributed by atoms with van der Waals surface area (Å²) in [6.45, 7) is 13.5. The van der Waals surface area contributed by atoms with E-state index in [0.29, 0.717) is 40.7 Å². The minimum absolute atomic E-state index is 0.289. The molecule has 0 spiro atoms. The van der Waals surface area contributed by atoms with E-state index in [4.69, 9.17) is 29.3 Å². The van der Waals surface area contributed by atoms with Crippen molar-refractivity contribution < 1.29 is 19.0 Å². The molecule has 248 valence electrons. The van der Waals surface area contributed by atoms with Crippen LogP contribution in [-0.4, -0.2) is 64.4 Å². The van der Waals surface area contributed by atoms with Crippen LogP contribution in [0.15, 0.2) is 85.2 Å². The van der Waals surface area contributed by atoms with Gasteiger partial charge in [0.2, 0.25) is 0 Å². The SMILES string of the molecule is COc1ccc2c(c1)cc(-c1cc(NCOCC[Si](C)(C)C)n3ncc(-c4ccc(-c5ccccc5)nc4)c3n1)n2C(=O)OC(C)(C)C. The number of anilines is 1. The summed E-state index contributed by atoms with van der Waals surface area (Å²) in [6, 6.07) is 24.5. The lowest BCUT2D eigenvalue weighted by molar-refractivity contribution is 0.0547. The van der Waals surface area contributed by atoms with Crippen molar-refractivity contribution in [3.8, 4) is 39.5 Å². The van der Waals surface area contributed by atoms with Crippen molar-refractivity contribution in [1.29, 1.82) is 0 Å². The molecule has 48 heavy (non-hydrogen) atoms. The topological polar surface area (TPSA) is 105 Å². The fourth-order valence-electron chi connectivity index (χ4n) is 5.35. The van der Waals surface area contributed by atoms with Crippen LogP contribution >= 0.6 is 0 Å². The summed E-state index contributed by atoms with van der Waals surface area (Å²) < 4.78 is 20.7. The summed E-state index contributed by atoms with van der Waals surface area (Å²) in [5, 5.41) is 8.95. The number of rotatable bonds is 10. The summed E-state index contributed by atoms with van der Waals surface area (Å²) in [6.07, 6.45) is 3.12. The van der Waals surface area contributed by atoms with Gasteiger partial charge in [-0.25, -0.2) is 14.3 Å². The lowest BCUT2D eigenvalue weighted by Crippen LogP contribution is -2.27. The third kappa shape index (κ3) is 7.27. The molecular weight excluding hydrogens is 621 g/mol. The highest BCUT2D eigenvalue weighted by atomic mass is 28.3. The molecule has 0 amide bonds. The van der Waals surface area contributed by atoms with Gasteiger partial charge in [-0.2, -0.15) is 9.61 Å². The second kappa shape index (κ2) is 13.2.